The third-order valence-electron chi connectivity index (χ3n) is 1.94. The van der Waals surface area contributed by atoms with Crippen molar-refractivity contribution in [3.8, 4) is 11.8 Å². The van der Waals surface area contributed by atoms with Crippen LogP contribution in [0, 0.1) is 23.0 Å². The van der Waals surface area contributed by atoms with Crippen molar-refractivity contribution < 1.29 is 22.3 Å². The van der Waals surface area contributed by atoms with Crippen molar-refractivity contribution in [2.24, 2.45) is 0 Å². The van der Waals surface area contributed by atoms with Gasteiger partial charge in [0.05, 0.1) is 18.7 Å². The monoisotopic (exact) mass is 233 g/mol. The van der Waals surface area contributed by atoms with Crippen LogP contribution in [0.15, 0.2) is 12.1 Å². The second-order valence-electron chi connectivity index (χ2n) is 3.01. The lowest BCUT2D eigenvalue weighted by Gasteiger charge is -2.14. The standard InChI is InChI=1S/C10H7F4NO/c1-16-9-5-7(11)6(4-8(9)12)10(13,14)2-3-15/h4-5H,2H2,1H3. The number of nitriles is 1. The van der Waals surface area contributed by atoms with E-state index in [-0.39, 0.29) is 0 Å². The van der Waals surface area contributed by atoms with Crippen LogP contribution in [0.2, 0.25) is 0 Å². The zero-order valence-corrected chi connectivity index (χ0v) is 8.23. The number of methoxy groups -OCH3 is 1. The minimum Gasteiger partial charge on any atom is -0.494 e. The molecule has 0 aliphatic heterocycles. The number of alkyl halides is 2. The van der Waals surface area contributed by atoms with Gasteiger partial charge in [-0.25, -0.2) is 17.6 Å². The van der Waals surface area contributed by atoms with E-state index in [0.29, 0.717) is 12.1 Å². The topological polar surface area (TPSA) is 33.0 Å². The van der Waals surface area contributed by atoms with Crippen molar-refractivity contribution in [2.75, 3.05) is 7.11 Å². The minimum atomic E-state index is -3.72. The Bertz CT molecular complexity index is 439. The van der Waals surface area contributed by atoms with E-state index in [1.54, 1.807) is 0 Å². The van der Waals surface area contributed by atoms with Crippen LogP contribution in [0.3, 0.4) is 0 Å². The molecule has 16 heavy (non-hydrogen) atoms. The molecule has 0 N–H and O–H groups in total. The van der Waals surface area contributed by atoms with Crippen molar-refractivity contribution in [2.45, 2.75) is 12.3 Å². The molecule has 0 aliphatic rings. The lowest BCUT2D eigenvalue weighted by molar-refractivity contribution is -0.00300. The summed E-state index contributed by atoms with van der Waals surface area (Å²) in [5.41, 5.74) is -1.15. The van der Waals surface area contributed by atoms with Crippen molar-refractivity contribution in [1.29, 1.82) is 5.26 Å². The summed E-state index contributed by atoms with van der Waals surface area (Å²) in [5, 5.41) is 8.15. The first-order valence-electron chi connectivity index (χ1n) is 4.20. The maximum absolute atomic E-state index is 13.2. The Morgan fingerprint density at radius 2 is 1.94 bits per heavy atom. The first kappa shape index (κ1) is 12.3. The predicted octanol–water partition coefficient (Wildman–Crippen LogP) is 2.98. The van der Waals surface area contributed by atoms with Gasteiger partial charge in [0, 0.05) is 6.07 Å². The van der Waals surface area contributed by atoms with E-state index in [1.807, 2.05) is 0 Å². The summed E-state index contributed by atoms with van der Waals surface area (Å²) in [5.74, 6) is -6.59. The lowest BCUT2D eigenvalue weighted by Crippen LogP contribution is -2.15. The van der Waals surface area contributed by atoms with E-state index < -0.39 is 35.3 Å². The summed E-state index contributed by atoms with van der Waals surface area (Å²) < 4.78 is 57.0. The van der Waals surface area contributed by atoms with Crippen LogP contribution in [-0.2, 0) is 5.92 Å². The Hall–Kier alpha value is -1.77. The average Bonchev–Trinajstić information content (AvgIpc) is 2.20. The molecule has 0 spiro atoms. The number of nitrogens with zero attached hydrogens (tertiary/aromatic N) is 1. The zero-order valence-electron chi connectivity index (χ0n) is 8.23. The van der Waals surface area contributed by atoms with E-state index >= 15 is 0 Å². The van der Waals surface area contributed by atoms with Crippen LogP contribution in [0.5, 0.6) is 5.75 Å². The summed E-state index contributed by atoms with van der Waals surface area (Å²) in [6.07, 6.45) is -1.21. The van der Waals surface area contributed by atoms with Gasteiger partial charge in [-0.3, -0.25) is 0 Å². The number of rotatable bonds is 3. The van der Waals surface area contributed by atoms with Gasteiger partial charge in [-0.2, -0.15) is 5.26 Å². The zero-order chi connectivity index (χ0) is 12.3. The van der Waals surface area contributed by atoms with Crippen molar-refractivity contribution in [1.82, 2.24) is 0 Å². The third-order valence-corrected chi connectivity index (χ3v) is 1.94. The SMILES string of the molecule is COc1cc(F)c(C(F)(F)CC#N)cc1F. The van der Waals surface area contributed by atoms with Crippen LogP contribution < -0.4 is 4.74 Å². The quantitative estimate of drug-likeness (QED) is 0.752. The van der Waals surface area contributed by atoms with Crippen LogP contribution in [-0.4, -0.2) is 7.11 Å². The van der Waals surface area contributed by atoms with Gasteiger partial charge in [0.25, 0.3) is 5.92 Å². The molecule has 0 heterocycles. The number of halogens is 4. The van der Waals surface area contributed by atoms with Crippen LogP contribution >= 0.6 is 0 Å². The Balaban J connectivity index is 3.26. The second kappa shape index (κ2) is 4.39. The molecule has 0 atom stereocenters. The van der Waals surface area contributed by atoms with Crippen LogP contribution in [0.25, 0.3) is 0 Å². The van der Waals surface area contributed by atoms with E-state index in [0.717, 1.165) is 7.11 Å². The molecule has 0 unspecified atom stereocenters. The van der Waals surface area contributed by atoms with Gasteiger partial charge in [-0.1, -0.05) is 0 Å². The molecule has 0 aromatic heterocycles. The molecule has 1 aromatic rings. The summed E-state index contributed by atoms with van der Waals surface area (Å²) in [6, 6.07) is 2.07. The first-order valence-corrected chi connectivity index (χ1v) is 4.20. The van der Waals surface area contributed by atoms with Gasteiger partial charge in [-0.05, 0) is 6.07 Å². The molecule has 0 saturated heterocycles. The fourth-order valence-corrected chi connectivity index (χ4v) is 1.16. The van der Waals surface area contributed by atoms with Gasteiger partial charge in [0.2, 0.25) is 0 Å². The van der Waals surface area contributed by atoms with Gasteiger partial charge >= 0.3 is 0 Å². The summed E-state index contributed by atoms with van der Waals surface area (Å²) in [4.78, 5) is 0. The highest BCUT2D eigenvalue weighted by atomic mass is 19.3. The highest BCUT2D eigenvalue weighted by Crippen LogP contribution is 2.35. The Morgan fingerprint density at radius 1 is 1.31 bits per heavy atom. The maximum Gasteiger partial charge on any atom is 0.288 e. The van der Waals surface area contributed by atoms with Crippen molar-refractivity contribution in [3.63, 3.8) is 0 Å². The number of hydrogen-bond acceptors (Lipinski definition) is 2. The Morgan fingerprint density at radius 3 is 2.44 bits per heavy atom. The van der Waals surface area contributed by atoms with E-state index in [9.17, 15) is 17.6 Å². The highest BCUT2D eigenvalue weighted by Gasteiger charge is 2.35. The largest absolute Gasteiger partial charge is 0.494 e. The van der Waals surface area contributed by atoms with Gasteiger partial charge in [-0.15, -0.1) is 0 Å². The predicted molar refractivity (Wildman–Crippen MR) is 47.0 cm³/mol. The molecule has 0 radical (unpaired) electrons. The second-order valence-corrected chi connectivity index (χ2v) is 3.01. The maximum atomic E-state index is 13.2. The van der Waals surface area contributed by atoms with E-state index in [4.69, 9.17) is 5.26 Å². The third kappa shape index (κ3) is 2.24. The molecule has 86 valence electrons. The molecular weight excluding hydrogens is 226 g/mol. The van der Waals surface area contributed by atoms with E-state index in [2.05, 4.69) is 4.74 Å². The molecular formula is C10H7F4NO. The fourth-order valence-electron chi connectivity index (χ4n) is 1.16. The normalized spacial score (nSPS) is 11.0. The smallest absolute Gasteiger partial charge is 0.288 e. The molecule has 0 amide bonds. The van der Waals surface area contributed by atoms with Crippen molar-refractivity contribution in [3.05, 3.63) is 29.3 Å². The Labute approximate surface area is 89.1 Å². The molecule has 1 aromatic carbocycles. The summed E-state index contributed by atoms with van der Waals surface area (Å²) in [7, 11) is 1.09. The van der Waals surface area contributed by atoms with Gasteiger partial charge in [0.15, 0.2) is 11.6 Å². The fraction of sp³-hybridized carbons (Fsp3) is 0.300. The first-order chi connectivity index (χ1) is 7.42. The number of ether oxygens (including phenoxy) is 1. The summed E-state index contributed by atoms with van der Waals surface area (Å²) in [6.45, 7) is 0. The molecule has 0 bridgehead atoms. The molecule has 6 heteroatoms. The van der Waals surface area contributed by atoms with E-state index in [1.165, 1.54) is 6.07 Å². The molecule has 0 fully saturated rings. The van der Waals surface area contributed by atoms with Gasteiger partial charge in [0.1, 0.15) is 12.2 Å². The van der Waals surface area contributed by atoms with Gasteiger partial charge < -0.3 is 4.74 Å². The molecule has 0 saturated carbocycles. The van der Waals surface area contributed by atoms with Crippen molar-refractivity contribution >= 4 is 0 Å². The summed E-state index contributed by atoms with van der Waals surface area (Å²) >= 11 is 0. The minimum absolute atomic E-state index is 0.339. The number of hydrogen-bond donors (Lipinski definition) is 0. The Kier molecular flexibility index (Phi) is 3.38. The lowest BCUT2D eigenvalue weighted by atomic mass is 10.0. The number of benzene rings is 1. The van der Waals surface area contributed by atoms with Crippen LogP contribution in [0.4, 0.5) is 17.6 Å². The molecule has 2 nitrogen and oxygen atoms in total. The molecule has 0 aliphatic carbocycles. The van der Waals surface area contributed by atoms with Crippen LogP contribution in [0.1, 0.15) is 12.0 Å². The average molecular weight is 233 g/mol. The molecule has 1 rings (SSSR count). The highest BCUT2D eigenvalue weighted by molar-refractivity contribution is 5.33.